The smallest absolute Gasteiger partial charge is 0.213 e. The second kappa shape index (κ2) is 9.80. The van der Waals surface area contributed by atoms with E-state index in [1.165, 1.54) is 37.7 Å². The third kappa shape index (κ3) is 5.63. The molecule has 0 bridgehead atoms. The Morgan fingerprint density at radius 1 is 1.16 bits per heavy atom. The number of aromatic nitrogens is 4. The lowest BCUT2D eigenvalue weighted by Crippen LogP contribution is -2.25. The Kier molecular flexibility index (Phi) is 6.89. The number of thiazole rings is 1. The fourth-order valence-corrected chi connectivity index (χ4v) is 5.60. The van der Waals surface area contributed by atoms with Crippen LogP contribution in [-0.4, -0.2) is 51.1 Å². The van der Waals surface area contributed by atoms with E-state index in [4.69, 9.17) is 21.2 Å². The second-order valence-corrected chi connectivity index (χ2v) is 10.0. The SMILES string of the molecule is Cc1sc(-c2ccnc(OCCN3CCCC3)c2)nc1C(C)Sc1nc(N)cc(N)n1. The summed E-state index contributed by atoms with van der Waals surface area (Å²) >= 11 is 3.15. The van der Waals surface area contributed by atoms with Gasteiger partial charge < -0.3 is 16.2 Å². The highest BCUT2D eigenvalue weighted by molar-refractivity contribution is 7.99. The van der Waals surface area contributed by atoms with E-state index >= 15 is 0 Å². The van der Waals surface area contributed by atoms with Gasteiger partial charge in [-0.25, -0.2) is 19.9 Å². The Hall–Kier alpha value is -2.43. The summed E-state index contributed by atoms with van der Waals surface area (Å²) in [4.78, 5) is 21.4. The minimum atomic E-state index is 0.0595. The molecule has 10 heteroatoms. The van der Waals surface area contributed by atoms with Gasteiger partial charge in [-0.05, 0) is 45.8 Å². The Morgan fingerprint density at radius 3 is 2.65 bits per heavy atom. The average molecular weight is 458 g/mol. The van der Waals surface area contributed by atoms with E-state index in [0.29, 0.717) is 29.3 Å². The van der Waals surface area contributed by atoms with Gasteiger partial charge in [-0.2, -0.15) is 0 Å². The van der Waals surface area contributed by atoms with E-state index < -0.39 is 0 Å². The Morgan fingerprint density at radius 2 is 1.90 bits per heavy atom. The van der Waals surface area contributed by atoms with Gasteiger partial charge in [0.05, 0.1) is 10.9 Å². The molecular formula is C21H27N7OS2. The fraction of sp³-hybridized carbons (Fsp3) is 0.429. The first kappa shape index (κ1) is 21.8. The number of nitrogens with zero attached hydrogens (tertiary/aromatic N) is 5. The molecule has 0 saturated carbocycles. The van der Waals surface area contributed by atoms with Crippen LogP contribution in [0.15, 0.2) is 29.6 Å². The highest BCUT2D eigenvalue weighted by atomic mass is 32.2. The highest BCUT2D eigenvalue weighted by Crippen LogP contribution is 2.39. The van der Waals surface area contributed by atoms with Crippen LogP contribution in [0.5, 0.6) is 5.88 Å². The van der Waals surface area contributed by atoms with E-state index in [-0.39, 0.29) is 5.25 Å². The number of thioether (sulfide) groups is 1. The molecule has 1 unspecified atom stereocenters. The predicted octanol–water partition coefficient (Wildman–Crippen LogP) is 3.80. The van der Waals surface area contributed by atoms with Crippen molar-refractivity contribution in [2.24, 2.45) is 0 Å². The van der Waals surface area contributed by atoms with Crippen molar-refractivity contribution in [3.05, 3.63) is 35.0 Å². The van der Waals surface area contributed by atoms with E-state index in [1.54, 1.807) is 23.6 Å². The number of pyridine rings is 1. The van der Waals surface area contributed by atoms with Crippen molar-refractivity contribution in [2.45, 2.75) is 37.1 Å². The molecule has 4 heterocycles. The van der Waals surface area contributed by atoms with Crippen LogP contribution in [0, 0.1) is 6.92 Å². The lowest BCUT2D eigenvalue weighted by atomic mass is 10.2. The van der Waals surface area contributed by atoms with E-state index in [2.05, 4.69) is 33.7 Å². The Labute approximate surface area is 190 Å². The van der Waals surface area contributed by atoms with E-state index in [9.17, 15) is 0 Å². The normalized spacial score (nSPS) is 15.3. The van der Waals surface area contributed by atoms with Crippen molar-refractivity contribution in [1.29, 1.82) is 0 Å². The quantitative estimate of drug-likeness (QED) is 0.385. The zero-order valence-electron chi connectivity index (χ0n) is 17.7. The molecule has 0 radical (unpaired) electrons. The highest BCUT2D eigenvalue weighted by Gasteiger charge is 2.19. The summed E-state index contributed by atoms with van der Waals surface area (Å²) in [5.41, 5.74) is 13.6. The summed E-state index contributed by atoms with van der Waals surface area (Å²) in [6, 6.07) is 5.48. The van der Waals surface area contributed by atoms with Gasteiger partial charge in [0.2, 0.25) is 5.88 Å². The maximum absolute atomic E-state index is 5.90. The molecule has 4 N–H and O–H groups in total. The van der Waals surface area contributed by atoms with Crippen molar-refractivity contribution in [3.63, 3.8) is 0 Å². The summed E-state index contributed by atoms with van der Waals surface area (Å²) in [5.74, 6) is 1.37. The van der Waals surface area contributed by atoms with Crippen LogP contribution >= 0.6 is 23.1 Å². The third-order valence-electron chi connectivity index (χ3n) is 5.08. The summed E-state index contributed by atoms with van der Waals surface area (Å²) in [6.45, 7) is 8.09. The maximum Gasteiger partial charge on any atom is 0.213 e. The first-order chi connectivity index (χ1) is 15.0. The molecule has 1 atom stereocenters. The molecule has 8 nitrogen and oxygen atoms in total. The van der Waals surface area contributed by atoms with E-state index in [0.717, 1.165) is 27.7 Å². The number of ether oxygens (including phenoxy) is 1. The molecule has 1 saturated heterocycles. The van der Waals surface area contributed by atoms with E-state index in [1.807, 2.05) is 12.1 Å². The molecule has 4 rings (SSSR count). The van der Waals surface area contributed by atoms with Gasteiger partial charge in [0, 0.05) is 35.3 Å². The minimum Gasteiger partial charge on any atom is -0.476 e. The molecule has 31 heavy (non-hydrogen) atoms. The molecule has 0 aliphatic carbocycles. The zero-order chi connectivity index (χ0) is 21.8. The topological polar surface area (TPSA) is 116 Å². The molecule has 1 fully saturated rings. The first-order valence-corrected chi connectivity index (χ1v) is 12.0. The number of rotatable bonds is 8. The van der Waals surface area contributed by atoms with Crippen molar-refractivity contribution < 1.29 is 4.74 Å². The predicted molar refractivity (Wildman–Crippen MR) is 126 cm³/mol. The monoisotopic (exact) mass is 457 g/mol. The summed E-state index contributed by atoms with van der Waals surface area (Å²) < 4.78 is 5.90. The molecule has 164 valence electrons. The summed E-state index contributed by atoms with van der Waals surface area (Å²) in [6.07, 6.45) is 4.35. The van der Waals surface area contributed by atoms with Crippen LogP contribution in [0.4, 0.5) is 11.6 Å². The van der Waals surface area contributed by atoms with Crippen molar-refractivity contribution >= 4 is 34.7 Å². The van der Waals surface area contributed by atoms with Gasteiger partial charge in [0.25, 0.3) is 0 Å². The number of aryl methyl sites for hydroxylation is 1. The summed E-state index contributed by atoms with van der Waals surface area (Å²) in [5, 5.41) is 1.56. The van der Waals surface area contributed by atoms with Gasteiger partial charge in [-0.1, -0.05) is 11.8 Å². The van der Waals surface area contributed by atoms with Crippen LogP contribution in [0.25, 0.3) is 10.6 Å². The fourth-order valence-electron chi connectivity index (χ4n) is 3.54. The Bertz CT molecular complexity index is 1020. The van der Waals surface area contributed by atoms with Crippen LogP contribution in [0.3, 0.4) is 0 Å². The van der Waals surface area contributed by atoms with Gasteiger partial charge in [0.15, 0.2) is 5.16 Å². The molecule has 3 aromatic rings. The van der Waals surface area contributed by atoms with Gasteiger partial charge in [-0.15, -0.1) is 11.3 Å². The number of nitrogen functional groups attached to an aromatic ring is 2. The molecule has 0 amide bonds. The number of nitrogens with two attached hydrogens (primary N) is 2. The van der Waals surface area contributed by atoms with Crippen molar-refractivity contribution in [3.8, 4) is 16.5 Å². The molecule has 0 spiro atoms. The first-order valence-electron chi connectivity index (χ1n) is 10.3. The number of hydrogen-bond acceptors (Lipinski definition) is 10. The lowest BCUT2D eigenvalue weighted by molar-refractivity contribution is 0.232. The van der Waals surface area contributed by atoms with Gasteiger partial charge in [0.1, 0.15) is 23.3 Å². The largest absolute Gasteiger partial charge is 0.476 e. The van der Waals surface area contributed by atoms with Gasteiger partial charge in [-0.3, -0.25) is 4.90 Å². The van der Waals surface area contributed by atoms with Crippen molar-refractivity contribution in [2.75, 3.05) is 37.7 Å². The number of hydrogen-bond donors (Lipinski definition) is 2. The van der Waals surface area contributed by atoms with Gasteiger partial charge >= 0.3 is 0 Å². The van der Waals surface area contributed by atoms with Crippen LogP contribution < -0.4 is 16.2 Å². The minimum absolute atomic E-state index is 0.0595. The molecule has 1 aliphatic heterocycles. The van der Waals surface area contributed by atoms with Crippen LogP contribution in [0.1, 0.15) is 35.6 Å². The molecule has 3 aromatic heterocycles. The van der Waals surface area contributed by atoms with Crippen LogP contribution in [-0.2, 0) is 0 Å². The summed E-state index contributed by atoms with van der Waals surface area (Å²) in [7, 11) is 0. The maximum atomic E-state index is 5.90. The number of anilines is 2. The third-order valence-corrected chi connectivity index (χ3v) is 7.09. The zero-order valence-corrected chi connectivity index (χ0v) is 19.4. The Balaban J connectivity index is 1.43. The molecule has 0 aromatic carbocycles. The number of likely N-dealkylation sites (tertiary alicyclic amines) is 1. The standard InChI is InChI=1S/C21H27N7OS2/c1-13-19(14(2)31-21-25-16(22)12-17(23)26-21)27-20(30-13)15-5-6-24-18(11-15)29-10-9-28-7-3-4-8-28/h5-6,11-12,14H,3-4,7-10H2,1-2H3,(H4,22,23,25,26). The molecule has 1 aliphatic rings. The van der Waals surface area contributed by atoms with Crippen molar-refractivity contribution in [1.82, 2.24) is 24.8 Å². The molecular weight excluding hydrogens is 430 g/mol. The average Bonchev–Trinajstić information content (AvgIpc) is 3.37. The van der Waals surface area contributed by atoms with Crippen LogP contribution in [0.2, 0.25) is 0 Å². The lowest BCUT2D eigenvalue weighted by Gasteiger charge is -2.14. The second-order valence-electron chi connectivity index (χ2n) is 7.50.